The number of fused-ring (bicyclic) bond motifs is 19. The van der Waals surface area contributed by atoms with E-state index in [0.29, 0.717) is 0 Å². The molecule has 14 aromatic rings. The van der Waals surface area contributed by atoms with E-state index in [0.717, 1.165) is 50.1 Å². The monoisotopic (exact) mass is 877 g/mol. The minimum atomic E-state index is -0.175. The average Bonchev–Trinajstić information content (AvgIpc) is 3.89. The van der Waals surface area contributed by atoms with Crippen LogP contribution in [0.5, 0.6) is 0 Å². The summed E-state index contributed by atoms with van der Waals surface area (Å²) in [6.07, 6.45) is 0. The number of hydrogen-bond donors (Lipinski definition) is 0. The molecule has 0 amide bonds. The van der Waals surface area contributed by atoms with Crippen LogP contribution in [0, 0.1) is 0 Å². The third-order valence-corrected chi connectivity index (χ3v) is 15.6. The van der Waals surface area contributed by atoms with Crippen molar-refractivity contribution in [3.05, 3.63) is 236 Å². The van der Waals surface area contributed by atoms with Gasteiger partial charge in [0.15, 0.2) is 0 Å². The van der Waals surface area contributed by atoms with Crippen molar-refractivity contribution < 1.29 is 4.42 Å². The summed E-state index contributed by atoms with van der Waals surface area (Å²) in [4.78, 5) is 2.49. The lowest BCUT2D eigenvalue weighted by Gasteiger charge is -2.29. The van der Waals surface area contributed by atoms with Crippen molar-refractivity contribution in [2.24, 2.45) is 0 Å². The Kier molecular flexibility index (Phi) is 7.87. The molecule has 2 nitrogen and oxygen atoms in total. The van der Waals surface area contributed by atoms with E-state index in [1.54, 1.807) is 0 Å². The normalized spacial score (nSPS) is 13.2. The van der Waals surface area contributed by atoms with Gasteiger partial charge in [-0.05, 0) is 152 Å². The van der Waals surface area contributed by atoms with Gasteiger partial charge in [-0.1, -0.05) is 190 Å². The Hall–Kier alpha value is -8.72. The zero-order valence-corrected chi connectivity index (χ0v) is 38.2. The predicted octanol–water partition coefficient (Wildman–Crippen LogP) is 19.1. The molecule has 0 N–H and O–H groups in total. The first-order valence-electron chi connectivity index (χ1n) is 24.1. The molecule has 0 bridgehead atoms. The van der Waals surface area contributed by atoms with Crippen LogP contribution in [0.1, 0.15) is 25.0 Å². The highest BCUT2D eigenvalue weighted by molar-refractivity contribution is 6.28. The Bertz CT molecular complexity index is 4460. The van der Waals surface area contributed by atoms with Crippen LogP contribution in [0.15, 0.2) is 229 Å². The minimum Gasteiger partial charge on any atom is -0.455 e. The molecule has 0 radical (unpaired) electrons. The number of anilines is 3. The maximum Gasteiger partial charge on any atom is 0.143 e. The van der Waals surface area contributed by atoms with E-state index < -0.39 is 0 Å². The molecular weight excluding hydrogens is 835 g/mol. The largest absolute Gasteiger partial charge is 0.455 e. The summed E-state index contributed by atoms with van der Waals surface area (Å²) in [5.74, 6) is 0. The topological polar surface area (TPSA) is 16.4 Å². The molecule has 1 aromatic heterocycles. The van der Waals surface area contributed by atoms with Gasteiger partial charge in [-0.15, -0.1) is 0 Å². The zero-order chi connectivity index (χ0) is 45.5. The molecule has 2 heteroatoms. The van der Waals surface area contributed by atoms with Crippen molar-refractivity contribution in [2.45, 2.75) is 19.3 Å². The minimum absolute atomic E-state index is 0.175. The molecule has 15 rings (SSSR count). The van der Waals surface area contributed by atoms with Crippen molar-refractivity contribution in [1.29, 1.82) is 0 Å². The van der Waals surface area contributed by atoms with E-state index in [2.05, 4.69) is 243 Å². The van der Waals surface area contributed by atoms with Crippen LogP contribution in [0.4, 0.5) is 17.1 Å². The fourth-order valence-electron chi connectivity index (χ4n) is 12.4. The van der Waals surface area contributed by atoms with E-state index in [9.17, 15) is 0 Å². The average molecular weight is 878 g/mol. The van der Waals surface area contributed by atoms with Crippen molar-refractivity contribution in [3.8, 4) is 22.3 Å². The second-order valence-corrected chi connectivity index (χ2v) is 19.5. The zero-order valence-electron chi connectivity index (χ0n) is 38.2. The Labute approximate surface area is 398 Å². The van der Waals surface area contributed by atoms with Gasteiger partial charge in [0.05, 0.1) is 11.1 Å². The Morgan fingerprint density at radius 3 is 1.49 bits per heavy atom. The van der Waals surface area contributed by atoms with Gasteiger partial charge in [0, 0.05) is 27.7 Å². The van der Waals surface area contributed by atoms with Gasteiger partial charge in [0.2, 0.25) is 0 Å². The van der Waals surface area contributed by atoms with Crippen molar-refractivity contribution >= 4 is 114 Å². The van der Waals surface area contributed by atoms with Gasteiger partial charge in [-0.25, -0.2) is 0 Å². The lowest BCUT2D eigenvalue weighted by Crippen LogP contribution is -2.16. The van der Waals surface area contributed by atoms with Gasteiger partial charge in [-0.3, -0.25) is 0 Å². The van der Waals surface area contributed by atoms with Crippen LogP contribution in [0.2, 0.25) is 0 Å². The van der Waals surface area contributed by atoms with E-state index in [-0.39, 0.29) is 5.41 Å². The van der Waals surface area contributed by atoms with E-state index >= 15 is 0 Å². The number of hydrogen-bond acceptors (Lipinski definition) is 2. The van der Waals surface area contributed by atoms with Gasteiger partial charge in [-0.2, -0.15) is 0 Å². The Morgan fingerprint density at radius 1 is 0.348 bits per heavy atom. The summed E-state index contributed by atoms with van der Waals surface area (Å²) in [6, 6.07) is 83.2. The first-order chi connectivity index (χ1) is 34.0. The first kappa shape index (κ1) is 38.4. The van der Waals surface area contributed by atoms with Crippen LogP contribution in [-0.2, 0) is 5.41 Å². The van der Waals surface area contributed by atoms with Crippen molar-refractivity contribution in [3.63, 3.8) is 0 Å². The summed E-state index contributed by atoms with van der Waals surface area (Å²) >= 11 is 0. The SMILES string of the molecule is CC1(C)c2ccccc2-c2ccc(N(c3ccc4c5ccccc5c5ccccc5c4c3)c3cccc4oc5c(-c6ccc7c8ccccc8c8ccccc8c7c6)c6ccccc6cc5c34)cc21. The fraction of sp³-hybridized carbons (Fsp3) is 0.0448. The van der Waals surface area contributed by atoms with E-state index in [1.165, 1.54) is 97.7 Å². The summed E-state index contributed by atoms with van der Waals surface area (Å²) in [6.45, 7) is 4.74. The molecule has 0 aliphatic heterocycles. The molecule has 1 heterocycles. The number of rotatable bonds is 4. The number of nitrogens with zero attached hydrogens (tertiary/aromatic N) is 1. The molecule has 0 spiro atoms. The summed E-state index contributed by atoms with van der Waals surface area (Å²) in [5, 5.41) is 19.6. The lowest BCUT2D eigenvalue weighted by molar-refractivity contribution is 0.660. The highest BCUT2D eigenvalue weighted by Crippen LogP contribution is 2.53. The van der Waals surface area contributed by atoms with Gasteiger partial charge in [0.1, 0.15) is 11.2 Å². The maximum atomic E-state index is 7.28. The van der Waals surface area contributed by atoms with Gasteiger partial charge >= 0.3 is 0 Å². The molecule has 1 aliphatic carbocycles. The summed E-state index contributed by atoms with van der Waals surface area (Å²) in [7, 11) is 0. The highest BCUT2D eigenvalue weighted by atomic mass is 16.3. The second-order valence-electron chi connectivity index (χ2n) is 19.5. The molecule has 0 atom stereocenters. The molecule has 13 aromatic carbocycles. The van der Waals surface area contributed by atoms with Crippen LogP contribution >= 0.6 is 0 Å². The summed E-state index contributed by atoms with van der Waals surface area (Å²) in [5.41, 5.74) is 12.4. The Balaban J connectivity index is 1.02. The molecule has 0 saturated heterocycles. The molecule has 1 aliphatic rings. The van der Waals surface area contributed by atoms with Crippen molar-refractivity contribution in [1.82, 2.24) is 0 Å². The van der Waals surface area contributed by atoms with Crippen LogP contribution in [-0.4, -0.2) is 0 Å². The predicted molar refractivity (Wildman–Crippen MR) is 294 cm³/mol. The summed E-state index contributed by atoms with van der Waals surface area (Å²) < 4.78 is 7.28. The second kappa shape index (κ2) is 14.2. The number of furan rings is 1. The Morgan fingerprint density at radius 2 is 0.841 bits per heavy atom. The third-order valence-electron chi connectivity index (χ3n) is 15.6. The molecule has 322 valence electrons. The molecule has 0 saturated carbocycles. The van der Waals surface area contributed by atoms with Gasteiger partial charge in [0.25, 0.3) is 0 Å². The first-order valence-corrected chi connectivity index (χ1v) is 24.1. The highest BCUT2D eigenvalue weighted by Gasteiger charge is 2.36. The fourth-order valence-corrected chi connectivity index (χ4v) is 12.4. The van der Waals surface area contributed by atoms with Crippen LogP contribution in [0.25, 0.3) is 120 Å². The lowest BCUT2D eigenvalue weighted by atomic mass is 9.82. The van der Waals surface area contributed by atoms with Gasteiger partial charge < -0.3 is 9.32 Å². The number of benzene rings is 13. The van der Waals surface area contributed by atoms with Crippen LogP contribution < -0.4 is 4.90 Å². The van der Waals surface area contributed by atoms with E-state index in [1.807, 2.05) is 0 Å². The molecular formula is C67H43NO. The molecule has 0 unspecified atom stereocenters. The quantitative estimate of drug-likeness (QED) is 0.164. The maximum absolute atomic E-state index is 7.28. The molecule has 0 fully saturated rings. The van der Waals surface area contributed by atoms with Crippen LogP contribution in [0.3, 0.4) is 0 Å². The van der Waals surface area contributed by atoms with E-state index in [4.69, 9.17) is 4.42 Å². The molecule has 69 heavy (non-hydrogen) atoms. The standard InChI is InChI=1S/C67H43NO/c1-67(2)60-27-14-13-26-55(60)56-35-32-43(39-61(56)67)68(42-31-34-54-50-23-8-6-19-46(50)48-21-10-12-25-52(48)58(54)38-42)62-28-15-29-63-65(62)59-36-40-16-3-4-17-44(40)64(66(59)69-63)41-30-33-53-49-22-7-5-18-45(49)47-20-9-11-24-51(47)57(53)37-41/h3-39H,1-2H3. The van der Waals surface area contributed by atoms with Crippen molar-refractivity contribution in [2.75, 3.05) is 4.90 Å². The third kappa shape index (κ3) is 5.37. The smallest absolute Gasteiger partial charge is 0.143 e.